The summed E-state index contributed by atoms with van der Waals surface area (Å²) in [4.78, 5) is 0. The van der Waals surface area contributed by atoms with Gasteiger partial charge >= 0.3 is 8.69 Å². The summed E-state index contributed by atoms with van der Waals surface area (Å²) in [6, 6.07) is 7.90. The summed E-state index contributed by atoms with van der Waals surface area (Å²) in [6.07, 6.45) is 10.5. The summed E-state index contributed by atoms with van der Waals surface area (Å²) < 4.78 is 15.2. The molecule has 1 aromatic carbocycles. The van der Waals surface area contributed by atoms with Gasteiger partial charge in [0.1, 0.15) is 0 Å². The smallest absolute Gasteiger partial charge is 0.256 e. The van der Waals surface area contributed by atoms with Crippen molar-refractivity contribution < 1.29 is 25.6 Å². The van der Waals surface area contributed by atoms with E-state index in [1.54, 1.807) is 0 Å². The Morgan fingerprint density at radius 1 is 0.947 bits per heavy atom. The number of rotatable bonds is 10. The van der Waals surface area contributed by atoms with Gasteiger partial charge in [0.25, 0.3) is 0 Å². The van der Waals surface area contributed by atoms with Crippen LogP contribution in [-0.2, 0) is 27.5 Å². The predicted molar refractivity (Wildman–Crippen MR) is 77.8 cm³/mol. The van der Waals surface area contributed by atoms with E-state index in [2.05, 4.69) is 19.1 Å². The molecule has 19 heavy (non-hydrogen) atoms. The second kappa shape index (κ2) is 12.6. The van der Waals surface area contributed by atoms with Crippen molar-refractivity contribution >= 4 is 8.69 Å². The standard InChI is InChI=1S/C15H24O2P.Ni/c1-2-3-4-5-6-7-8-9-14-10-12-15(13-11-14)17-18-16;/h10-13,18H,2-9H2,1H3;/q+1;. The Morgan fingerprint density at radius 3 is 2.11 bits per heavy atom. The second-order valence-corrected chi connectivity index (χ2v) is 5.07. The quantitative estimate of drug-likeness (QED) is 0.331. The molecule has 0 N–H and O–H groups in total. The Morgan fingerprint density at radius 2 is 1.53 bits per heavy atom. The molecule has 110 valence electrons. The van der Waals surface area contributed by atoms with Crippen LogP contribution in [0.2, 0.25) is 0 Å². The van der Waals surface area contributed by atoms with Crippen LogP contribution >= 0.6 is 8.69 Å². The van der Waals surface area contributed by atoms with Gasteiger partial charge < -0.3 is 0 Å². The Labute approximate surface area is 128 Å². The molecule has 1 atom stereocenters. The van der Waals surface area contributed by atoms with Crippen LogP contribution in [0.15, 0.2) is 24.3 Å². The first-order chi connectivity index (χ1) is 8.86. The summed E-state index contributed by atoms with van der Waals surface area (Å²) >= 11 is 0. The summed E-state index contributed by atoms with van der Waals surface area (Å²) in [6.45, 7) is 2.25. The average molecular weight is 326 g/mol. The summed E-state index contributed by atoms with van der Waals surface area (Å²) in [5.74, 6) is 0.687. The Balaban J connectivity index is 0.00000324. The summed E-state index contributed by atoms with van der Waals surface area (Å²) in [5.41, 5.74) is 1.34. The molecule has 1 rings (SSSR count). The molecule has 1 unspecified atom stereocenters. The maximum atomic E-state index is 10.3. The van der Waals surface area contributed by atoms with Crippen molar-refractivity contribution in [3.05, 3.63) is 29.8 Å². The Bertz CT molecular complexity index is 327. The summed E-state index contributed by atoms with van der Waals surface area (Å²) in [7, 11) is -0.718. The van der Waals surface area contributed by atoms with Crippen LogP contribution in [0, 0.1) is 0 Å². The summed E-state index contributed by atoms with van der Waals surface area (Å²) in [5, 5.41) is 0. The van der Waals surface area contributed by atoms with Crippen LogP contribution in [0.3, 0.4) is 0 Å². The molecule has 0 bridgehead atoms. The number of aryl methyl sites for hydroxylation is 1. The van der Waals surface area contributed by atoms with Crippen molar-refractivity contribution in [1.82, 2.24) is 0 Å². The van der Waals surface area contributed by atoms with Crippen molar-refractivity contribution in [2.24, 2.45) is 0 Å². The molecule has 0 aliphatic rings. The molecule has 2 nitrogen and oxygen atoms in total. The largest absolute Gasteiger partial charge is 0.542 e. The van der Waals surface area contributed by atoms with E-state index in [1.807, 2.05) is 12.1 Å². The van der Waals surface area contributed by atoms with Gasteiger partial charge in [-0.2, -0.15) is 0 Å². The molecule has 0 aliphatic heterocycles. The van der Waals surface area contributed by atoms with Gasteiger partial charge in [-0.3, -0.25) is 4.52 Å². The Hall–Kier alpha value is -0.386. The SMILES string of the molecule is CCCCCCCCCc1ccc(O[PH+]=O)cc1.[Ni]. The average Bonchev–Trinajstić information content (AvgIpc) is 2.40. The Kier molecular flexibility index (Phi) is 12.4. The van der Waals surface area contributed by atoms with Gasteiger partial charge in [-0.25, -0.2) is 0 Å². The van der Waals surface area contributed by atoms with Crippen molar-refractivity contribution in [2.45, 2.75) is 58.3 Å². The molecular formula is C15H24NiO2P+. The van der Waals surface area contributed by atoms with Crippen molar-refractivity contribution in [3.63, 3.8) is 0 Å². The first-order valence-corrected chi connectivity index (χ1v) is 7.81. The van der Waals surface area contributed by atoms with Crippen LogP contribution in [0.1, 0.15) is 57.4 Å². The van der Waals surface area contributed by atoms with E-state index < -0.39 is 8.69 Å². The van der Waals surface area contributed by atoms with E-state index in [9.17, 15) is 4.57 Å². The van der Waals surface area contributed by atoms with Gasteiger partial charge in [-0.1, -0.05) is 57.6 Å². The zero-order chi connectivity index (χ0) is 13.1. The molecule has 0 spiro atoms. The van der Waals surface area contributed by atoms with Crippen molar-refractivity contribution in [3.8, 4) is 5.75 Å². The number of unbranched alkanes of at least 4 members (excludes halogenated alkanes) is 6. The first-order valence-electron chi connectivity index (χ1n) is 6.99. The van der Waals surface area contributed by atoms with Crippen LogP contribution in [0.5, 0.6) is 5.75 Å². The van der Waals surface area contributed by atoms with E-state index in [0.717, 1.165) is 6.42 Å². The fraction of sp³-hybridized carbons (Fsp3) is 0.600. The molecule has 4 heteroatoms. The molecule has 0 radical (unpaired) electrons. The molecule has 0 saturated carbocycles. The molecule has 1 aromatic rings. The van der Waals surface area contributed by atoms with E-state index >= 15 is 0 Å². The predicted octanol–water partition coefficient (Wildman–Crippen LogP) is 5.30. The zero-order valence-corrected chi connectivity index (χ0v) is 13.6. The number of hydrogen-bond donors (Lipinski definition) is 0. The molecule has 0 saturated heterocycles. The van der Waals surface area contributed by atoms with Crippen molar-refractivity contribution in [1.29, 1.82) is 0 Å². The first kappa shape index (κ1) is 18.6. The van der Waals surface area contributed by atoms with E-state index in [0.29, 0.717) is 5.75 Å². The zero-order valence-electron chi connectivity index (χ0n) is 11.6. The minimum absolute atomic E-state index is 0. The van der Waals surface area contributed by atoms with Crippen LogP contribution < -0.4 is 4.52 Å². The molecule has 0 amide bonds. The third-order valence-corrected chi connectivity index (χ3v) is 3.47. The third-order valence-electron chi connectivity index (χ3n) is 3.15. The monoisotopic (exact) mass is 325 g/mol. The van der Waals surface area contributed by atoms with Gasteiger partial charge in [0.05, 0.1) is 0 Å². The second-order valence-electron chi connectivity index (χ2n) is 4.70. The molecule has 0 aromatic heterocycles. The van der Waals surface area contributed by atoms with Crippen molar-refractivity contribution in [2.75, 3.05) is 0 Å². The van der Waals surface area contributed by atoms with Gasteiger partial charge in [0.2, 0.25) is 0 Å². The van der Waals surface area contributed by atoms with Gasteiger partial charge in [-0.15, -0.1) is 0 Å². The van der Waals surface area contributed by atoms with Gasteiger partial charge in [0.15, 0.2) is 5.75 Å². The molecule has 0 aliphatic carbocycles. The maximum Gasteiger partial charge on any atom is 0.542 e. The molecular weight excluding hydrogens is 302 g/mol. The van der Waals surface area contributed by atoms with Crippen LogP contribution in [0.25, 0.3) is 0 Å². The molecule has 0 heterocycles. The van der Waals surface area contributed by atoms with Crippen LogP contribution in [0.4, 0.5) is 0 Å². The van der Waals surface area contributed by atoms with E-state index in [4.69, 9.17) is 4.52 Å². The third kappa shape index (κ3) is 9.19. The van der Waals surface area contributed by atoms with E-state index in [1.165, 1.54) is 50.5 Å². The van der Waals surface area contributed by atoms with Crippen LogP contribution in [-0.4, -0.2) is 0 Å². The number of benzene rings is 1. The molecule has 0 fully saturated rings. The van der Waals surface area contributed by atoms with E-state index in [-0.39, 0.29) is 16.5 Å². The maximum absolute atomic E-state index is 10.3. The van der Waals surface area contributed by atoms with Gasteiger partial charge in [0, 0.05) is 16.5 Å². The minimum Gasteiger partial charge on any atom is -0.256 e. The minimum atomic E-state index is -0.718. The fourth-order valence-electron chi connectivity index (χ4n) is 2.06. The van der Waals surface area contributed by atoms with Gasteiger partial charge in [-0.05, 0) is 35.1 Å². The fourth-order valence-corrected chi connectivity index (χ4v) is 2.29. The number of hydrogen-bond acceptors (Lipinski definition) is 2. The normalized spacial score (nSPS) is 10.2. The topological polar surface area (TPSA) is 26.3 Å².